The van der Waals surface area contributed by atoms with Crippen LogP contribution >= 0.6 is 31.9 Å². The van der Waals surface area contributed by atoms with E-state index in [1.54, 1.807) is 0 Å². The minimum absolute atomic E-state index is 0.894. The zero-order chi connectivity index (χ0) is 7.94. The van der Waals surface area contributed by atoms with Crippen molar-refractivity contribution in [3.63, 3.8) is 0 Å². The van der Waals surface area contributed by atoms with Crippen LogP contribution in [0.1, 0.15) is 0 Å². The van der Waals surface area contributed by atoms with Crippen molar-refractivity contribution >= 4 is 31.9 Å². The Morgan fingerprint density at radius 2 is 1.08 bits per heavy atom. The van der Waals surface area contributed by atoms with Gasteiger partial charge in [-0.25, -0.2) is 0 Å². The Bertz CT molecular complexity index is 822. The standard InChI is InChI=1S/C5H3Br2.C5H5.Zr/c6-4-2-1-3-5(4)7;1-2-4-5-3-1;/h1-3H;1-5H;. The molecule has 0 aromatic heterocycles. The Kier molecular flexibility index (Phi) is 0.128. The molecule has 10 saturated heterocycles. The van der Waals surface area contributed by atoms with E-state index in [9.17, 15) is 0 Å². The molecule has 10 aliphatic heterocycles. The van der Waals surface area contributed by atoms with Gasteiger partial charge in [-0.2, -0.15) is 0 Å². The van der Waals surface area contributed by atoms with Gasteiger partial charge in [0.05, 0.1) is 0 Å². The normalized spacial score (nSPS) is 158. The van der Waals surface area contributed by atoms with Crippen LogP contribution in [0.4, 0.5) is 0 Å². The van der Waals surface area contributed by atoms with Crippen molar-refractivity contribution in [3.05, 3.63) is 0 Å². The zero-order valence-electron chi connectivity index (χ0n) is 6.87. The second-order valence-corrected chi connectivity index (χ2v) is 70.4. The monoisotopic (exact) mass is 376 g/mol. The van der Waals surface area contributed by atoms with Gasteiger partial charge in [0, 0.05) is 0 Å². The van der Waals surface area contributed by atoms with Gasteiger partial charge < -0.3 is 0 Å². The van der Waals surface area contributed by atoms with Crippen LogP contribution in [0, 0.1) is 0 Å². The number of hydrogen-bond acceptors (Lipinski definition) is 0. The van der Waals surface area contributed by atoms with Crippen LogP contribution in [0.3, 0.4) is 0 Å². The van der Waals surface area contributed by atoms with E-state index in [0.717, 1.165) is 4.06 Å². The number of fused-ring (bicyclic) bond motifs is 10. The van der Waals surface area contributed by atoms with Gasteiger partial charge in [0.2, 0.25) is 0 Å². The Hall–Kier alpha value is 1.84. The van der Waals surface area contributed by atoms with Gasteiger partial charge in [0.15, 0.2) is 0 Å². The van der Waals surface area contributed by atoms with Crippen molar-refractivity contribution < 1.29 is 11.4 Å². The maximum atomic E-state index is 4.36. The third-order valence-electron chi connectivity index (χ3n) is 20.0. The Morgan fingerprint density at radius 1 is 0.692 bits per heavy atom. The van der Waals surface area contributed by atoms with Gasteiger partial charge in [-0.05, 0) is 0 Å². The molecule has 0 bridgehead atoms. The molecule has 0 aliphatic carbocycles. The molecule has 0 radical (unpaired) electrons. The first kappa shape index (κ1) is 5.00. The summed E-state index contributed by atoms with van der Waals surface area (Å²) in [5.74, 6) is 0. The van der Waals surface area contributed by atoms with Gasteiger partial charge in [-0.1, -0.05) is 0 Å². The zero-order valence-corrected chi connectivity index (χ0v) is 12.5. The van der Waals surface area contributed by atoms with E-state index in [2.05, 4.69) is 31.9 Å². The summed E-state index contributed by atoms with van der Waals surface area (Å²) in [4.78, 5) is 0. The summed E-state index contributed by atoms with van der Waals surface area (Å²) >= 11 is 5.42. The molecule has 0 aromatic carbocycles. The van der Waals surface area contributed by atoms with Crippen molar-refractivity contribution in [1.82, 2.24) is 0 Å². The third-order valence-corrected chi connectivity index (χ3v) is 143. The van der Waals surface area contributed by atoms with E-state index in [-0.39, 0.29) is 0 Å². The molecule has 4 atom stereocenters. The second-order valence-electron chi connectivity index (χ2n) is 12.6. The summed E-state index contributed by atoms with van der Waals surface area (Å²) in [6.07, 6.45) is 0. The quantitative estimate of drug-likeness (QED) is 0.559. The predicted molar refractivity (Wildman–Crippen MR) is 53.3 cm³/mol. The molecule has 10 aliphatic rings. The molecule has 0 nitrogen and oxygen atoms in total. The van der Waals surface area contributed by atoms with Crippen molar-refractivity contribution in [3.8, 4) is 0 Å². The number of rotatable bonds is 0. The van der Waals surface area contributed by atoms with Crippen molar-refractivity contribution in [1.29, 1.82) is 0 Å². The molecule has 13 heavy (non-hydrogen) atoms. The number of halogens is 2. The van der Waals surface area contributed by atoms with Crippen LogP contribution in [0.5, 0.6) is 0 Å². The molecule has 4 unspecified atom stereocenters. The summed E-state index contributed by atoms with van der Waals surface area (Å²) in [6, 6.07) is 0. The van der Waals surface area contributed by atoms with Gasteiger partial charge >= 0.3 is 76.3 Å². The van der Waals surface area contributed by atoms with E-state index in [4.69, 9.17) is 0 Å². The fourth-order valence-electron chi connectivity index (χ4n) is 23.2. The van der Waals surface area contributed by atoms with Crippen LogP contribution in [0.2, 0.25) is 29.0 Å². The molecule has 0 aromatic rings. The van der Waals surface area contributed by atoms with E-state index >= 15 is 0 Å². The van der Waals surface area contributed by atoms with Gasteiger partial charge in [0.1, 0.15) is 0 Å². The Labute approximate surface area is 75.2 Å². The Balaban J connectivity index is 2.20. The van der Waals surface area contributed by atoms with E-state index in [1.165, 1.54) is 29.0 Å². The van der Waals surface area contributed by atoms with Crippen molar-refractivity contribution in [2.45, 2.75) is 33.1 Å². The number of alkyl halides is 2. The summed E-state index contributed by atoms with van der Waals surface area (Å²) < 4.78 is 13.4. The second kappa shape index (κ2) is 0.333. The van der Waals surface area contributed by atoms with Crippen molar-refractivity contribution in [2.75, 3.05) is 0 Å². The average molecular weight is 379 g/mol. The SMILES string of the molecule is Br[C]12[CH]3[CH]4[CH]5[C]1(Br)[Zr]43521678[CH]2[CH]1[CH]6[CH]7[CH]28. The molecule has 66 valence electrons. The summed E-state index contributed by atoms with van der Waals surface area (Å²) in [6.45, 7) is 0. The first-order chi connectivity index (χ1) is 5.94. The molecular weight excluding hydrogens is 371 g/mol. The first-order valence-electron chi connectivity index (χ1n) is 6.35. The fourth-order valence-corrected chi connectivity index (χ4v) is 294. The molecule has 0 saturated carbocycles. The third kappa shape index (κ3) is 0.0371. The van der Waals surface area contributed by atoms with Crippen LogP contribution in [0.15, 0.2) is 0 Å². The molecule has 3 heteroatoms. The summed E-state index contributed by atoms with van der Waals surface area (Å²) in [7, 11) is 0. The Morgan fingerprint density at radius 3 is 1.08 bits per heavy atom. The predicted octanol–water partition coefficient (Wildman–Crippen LogP) is 3.98. The molecular formula is C10H8Br2Zr. The summed E-state index contributed by atoms with van der Waals surface area (Å²) in [5.41, 5.74) is 0. The van der Waals surface area contributed by atoms with Gasteiger partial charge in [-0.15, -0.1) is 0 Å². The molecule has 10 fully saturated rings. The van der Waals surface area contributed by atoms with Crippen LogP contribution in [-0.2, 0) is 11.4 Å². The van der Waals surface area contributed by atoms with E-state index in [1.807, 2.05) is 0 Å². The van der Waals surface area contributed by atoms with Gasteiger partial charge in [0.25, 0.3) is 0 Å². The first-order valence-corrected chi connectivity index (χ1v) is 21.7. The summed E-state index contributed by atoms with van der Waals surface area (Å²) in [5, 5.41) is 0. The van der Waals surface area contributed by atoms with Crippen LogP contribution in [-0.4, -0.2) is 4.06 Å². The maximum absolute atomic E-state index is 4.36. The number of hydrogen-bond donors (Lipinski definition) is 0. The topological polar surface area (TPSA) is 0 Å². The molecule has 0 amide bonds. The van der Waals surface area contributed by atoms with Crippen molar-refractivity contribution in [2.24, 2.45) is 0 Å². The molecule has 10 rings (SSSR count). The molecule has 0 N–H and O–H groups in total. The molecule has 10 heterocycles. The van der Waals surface area contributed by atoms with Crippen LogP contribution in [0.25, 0.3) is 0 Å². The average Bonchev–Trinajstić information content (AvgIpc) is 3.02. The van der Waals surface area contributed by atoms with E-state index < -0.39 is 11.4 Å². The van der Waals surface area contributed by atoms with E-state index in [0.29, 0.717) is 0 Å². The van der Waals surface area contributed by atoms with Crippen LogP contribution < -0.4 is 0 Å². The van der Waals surface area contributed by atoms with Gasteiger partial charge in [-0.3, -0.25) is 0 Å². The molecule has 1 spiro atoms. The fraction of sp³-hybridized carbons (Fsp3) is 1.00. The minimum atomic E-state index is -3.29.